The fourth-order valence-corrected chi connectivity index (χ4v) is 3.46. The van der Waals surface area contributed by atoms with E-state index < -0.39 is 0 Å². The van der Waals surface area contributed by atoms with Gasteiger partial charge in [0.25, 0.3) is 5.91 Å². The van der Waals surface area contributed by atoms with Gasteiger partial charge in [-0.25, -0.2) is 0 Å². The molecule has 0 aliphatic carbocycles. The van der Waals surface area contributed by atoms with Crippen molar-refractivity contribution in [2.24, 2.45) is 5.73 Å². The minimum absolute atomic E-state index is 0.0821. The number of fused-ring (bicyclic) bond motifs is 1. The molecule has 110 valence electrons. The predicted molar refractivity (Wildman–Crippen MR) is 86.4 cm³/mol. The van der Waals surface area contributed by atoms with Crippen LogP contribution in [0.25, 0.3) is 0 Å². The Morgan fingerprint density at radius 2 is 2.24 bits per heavy atom. The zero-order chi connectivity index (χ0) is 14.8. The van der Waals surface area contributed by atoms with Crippen LogP contribution in [0.5, 0.6) is 0 Å². The molecule has 1 amide bonds. The Balaban J connectivity index is 1.82. The van der Waals surface area contributed by atoms with Crippen LogP contribution in [0.2, 0.25) is 0 Å². The molecule has 0 bridgehead atoms. The quantitative estimate of drug-likeness (QED) is 0.945. The maximum Gasteiger partial charge on any atom is 0.264 e. The largest absolute Gasteiger partial charge is 0.333 e. The fourth-order valence-electron chi connectivity index (χ4n) is 2.77. The number of nitrogens with zero attached hydrogens (tertiary/aromatic N) is 1. The number of hydrogen-bond donors (Lipinski definition) is 1. The van der Waals surface area contributed by atoms with Crippen LogP contribution >= 0.6 is 11.3 Å². The van der Waals surface area contributed by atoms with Crippen molar-refractivity contribution in [1.82, 2.24) is 4.90 Å². The Morgan fingerprint density at radius 3 is 2.95 bits per heavy atom. The van der Waals surface area contributed by atoms with Gasteiger partial charge in [-0.15, -0.1) is 11.3 Å². The molecule has 0 spiro atoms. The molecule has 0 fully saturated rings. The summed E-state index contributed by atoms with van der Waals surface area (Å²) in [7, 11) is 0. The second kappa shape index (κ2) is 6.00. The van der Waals surface area contributed by atoms with Gasteiger partial charge in [0.15, 0.2) is 0 Å². The highest BCUT2D eigenvalue weighted by atomic mass is 32.1. The summed E-state index contributed by atoms with van der Waals surface area (Å²) in [6.45, 7) is 3.58. The van der Waals surface area contributed by atoms with Crippen molar-refractivity contribution in [3.05, 3.63) is 57.3 Å². The number of nitrogens with two attached hydrogens (primary N) is 1. The number of benzene rings is 1. The van der Waals surface area contributed by atoms with E-state index in [1.54, 1.807) is 0 Å². The van der Waals surface area contributed by atoms with Gasteiger partial charge in [-0.1, -0.05) is 31.2 Å². The summed E-state index contributed by atoms with van der Waals surface area (Å²) < 4.78 is 0. The highest BCUT2D eigenvalue weighted by molar-refractivity contribution is 7.12. The van der Waals surface area contributed by atoms with E-state index in [2.05, 4.69) is 25.1 Å². The number of carbonyl (C=O) groups is 1. The summed E-state index contributed by atoms with van der Waals surface area (Å²) in [4.78, 5) is 15.2. The van der Waals surface area contributed by atoms with E-state index in [4.69, 9.17) is 5.73 Å². The molecule has 1 unspecified atom stereocenters. The minimum Gasteiger partial charge on any atom is -0.333 e. The molecule has 1 atom stereocenters. The van der Waals surface area contributed by atoms with Crippen molar-refractivity contribution in [1.29, 1.82) is 0 Å². The first kappa shape index (κ1) is 14.3. The molecule has 3 rings (SSSR count). The molecular formula is C17H20N2OS. The van der Waals surface area contributed by atoms with E-state index in [9.17, 15) is 4.79 Å². The second-order valence-electron chi connectivity index (χ2n) is 5.50. The van der Waals surface area contributed by atoms with Crippen LogP contribution in [0.1, 0.15) is 45.7 Å². The van der Waals surface area contributed by atoms with E-state index in [0.717, 1.165) is 24.3 Å². The molecule has 21 heavy (non-hydrogen) atoms. The Bertz CT molecular complexity index is 636. The highest BCUT2D eigenvalue weighted by Gasteiger charge is 2.22. The number of carbonyl (C=O) groups excluding carboxylic acids is 1. The molecule has 1 aromatic heterocycles. The van der Waals surface area contributed by atoms with Crippen LogP contribution in [-0.2, 0) is 13.0 Å². The van der Waals surface area contributed by atoms with Gasteiger partial charge in [-0.3, -0.25) is 4.79 Å². The van der Waals surface area contributed by atoms with Crippen molar-refractivity contribution < 1.29 is 4.79 Å². The number of amides is 1. The van der Waals surface area contributed by atoms with E-state index in [1.807, 2.05) is 22.4 Å². The molecule has 1 aliphatic rings. The van der Waals surface area contributed by atoms with Gasteiger partial charge >= 0.3 is 0 Å². The van der Waals surface area contributed by atoms with Crippen LogP contribution in [-0.4, -0.2) is 17.4 Å². The van der Waals surface area contributed by atoms with Crippen molar-refractivity contribution in [3.8, 4) is 0 Å². The van der Waals surface area contributed by atoms with Crippen molar-refractivity contribution >= 4 is 17.2 Å². The molecule has 1 aliphatic heterocycles. The lowest BCUT2D eigenvalue weighted by Crippen LogP contribution is -2.35. The zero-order valence-corrected chi connectivity index (χ0v) is 13.0. The minimum atomic E-state index is 0.0821. The third kappa shape index (κ3) is 2.87. The summed E-state index contributed by atoms with van der Waals surface area (Å²) in [5, 5.41) is 1.95. The normalized spacial score (nSPS) is 15.6. The maximum atomic E-state index is 12.5. The molecule has 2 heterocycles. The van der Waals surface area contributed by atoms with Gasteiger partial charge in [-0.05, 0) is 41.0 Å². The van der Waals surface area contributed by atoms with Gasteiger partial charge in [0, 0.05) is 19.1 Å². The van der Waals surface area contributed by atoms with Gasteiger partial charge in [0.1, 0.15) is 0 Å². The van der Waals surface area contributed by atoms with E-state index in [1.165, 1.54) is 28.0 Å². The maximum absolute atomic E-state index is 12.5. The molecule has 1 aromatic carbocycles. The number of rotatable bonds is 3. The van der Waals surface area contributed by atoms with Crippen molar-refractivity contribution in [2.75, 3.05) is 6.54 Å². The summed E-state index contributed by atoms with van der Waals surface area (Å²) in [6, 6.07) is 10.4. The Morgan fingerprint density at radius 1 is 1.38 bits per heavy atom. The summed E-state index contributed by atoms with van der Waals surface area (Å²) in [5.41, 5.74) is 9.88. The average molecular weight is 300 g/mol. The molecule has 3 nitrogen and oxygen atoms in total. The molecular weight excluding hydrogens is 280 g/mol. The average Bonchev–Trinajstić information content (AvgIpc) is 3.06. The Hall–Kier alpha value is -1.65. The first-order valence-electron chi connectivity index (χ1n) is 7.39. The van der Waals surface area contributed by atoms with Crippen LogP contribution < -0.4 is 5.73 Å². The van der Waals surface area contributed by atoms with E-state index in [0.29, 0.717) is 6.54 Å². The summed E-state index contributed by atoms with van der Waals surface area (Å²) >= 11 is 1.51. The molecule has 0 saturated heterocycles. The van der Waals surface area contributed by atoms with Gasteiger partial charge < -0.3 is 10.6 Å². The van der Waals surface area contributed by atoms with Crippen LogP contribution in [0.4, 0.5) is 0 Å². The lowest BCUT2D eigenvalue weighted by atomic mass is 9.94. The Kier molecular flexibility index (Phi) is 4.08. The lowest BCUT2D eigenvalue weighted by Gasteiger charge is -2.29. The van der Waals surface area contributed by atoms with Crippen molar-refractivity contribution in [3.63, 3.8) is 0 Å². The third-order valence-corrected chi connectivity index (χ3v) is 4.99. The first-order chi connectivity index (χ1) is 10.2. The van der Waals surface area contributed by atoms with E-state index in [-0.39, 0.29) is 11.9 Å². The van der Waals surface area contributed by atoms with Gasteiger partial charge in [-0.2, -0.15) is 0 Å². The molecule has 2 N–H and O–H groups in total. The molecule has 0 radical (unpaired) electrons. The molecule has 0 saturated carbocycles. The van der Waals surface area contributed by atoms with E-state index >= 15 is 0 Å². The molecule has 2 aromatic rings. The lowest BCUT2D eigenvalue weighted by molar-refractivity contribution is 0.0739. The predicted octanol–water partition coefficient (Wildman–Crippen LogP) is 3.36. The van der Waals surface area contributed by atoms with Crippen molar-refractivity contribution in [2.45, 2.75) is 32.4 Å². The monoisotopic (exact) mass is 300 g/mol. The Labute approximate surface area is 129 Å². The third-order valence-electron chi connectivity index (χ3n) is 4.13. The summed E-state index contributed by atoms with van der Waals surface area (Å²) in [5.74, 6) is 0.140. The second-order valence-corrected chi connectivity index (χ2v) is 6.44. The first-order valence-corrected chi connectivity index (χ1v) is 8.27. The fraction of sp³-hybridized carbons (Fsp3) is 0.353. The summed E-state index contributed by atoms with van der Waals surface area (Å²) in [6.07, 6.45) is 1.85. The SMILES string of the molecule is CCC(N)c1ccc2c(c1)CN(C(=O)c1cccs1)CC2. The molecule has 4 heteroatoms. The van der Waals surface area contributed by atoms with Crippen LogP contribution in [0.15, 0.2) is 35.7 Å². The number of hydrogen-bond acceptors (Lipinski definition) is 3. The van der Waals surface area contributed by atoms with Crippen LogP contribution in [0.3, 0.4) is 0 Å². The van der Waals surface area contributed by atoms with Gasteiger partial charge in [0.2, 0.25) is 0 Å². The standard InChI is InChI=1S/C17H20N2OS/c1-2-15(18)13-6-5-12-7-8-19(11-14(12)10-13)17(20)16-4-3-9-21-16/h3-6,9-10,15H,2,7-8,11,18H2,1H3. The zero-order valence-electron chi connectivity index (χ0n) is 12.2. The van der Waals surface area contributed by atoms with Crippen LogP contribution in [0, 0.1) is 0 Å². The number of thiophene rings is 1. The van der Waals surface area contributed by atoms with Gasteiger partial charge in [0.05, 0.1) is 4.88 Å². The topological polar surface area (TPSA) is 46.3 Å². The highest BCUT2D eigenvalue weighted by Crippen LogP contribution is 2.25. The smallest absolute Gasteiger partial charge is 0.264 e.